The topological polar surface area (TPSA) is 146 Å². The number of anilines is 2. The highest BCUT2D eigenvalue weighted by Gasteiger charge is 2.44. The van der Waals surface area contributed by atoms with Crippen molar-refractivity contribution in [3.8, 4) is 11.4 Å². The summed E-state index contributed by atoms with van der Waals surface area (Å²) >= 11 is 0. The number of halogens is 3. The number of likely N-dealkylation sites (N-methyl/N-ethyl adjacent to an activating group) is 1. The maximum Gasteiger partial charge on any atom is 0.416 e. The second-order valence-corrected chi connectivity index (χ2v) is 14.9. The molecule has 3 aliphatic rings. The first kappa shape index (κ1) is 41.6. The fourth-order valence-electron chi connectivity index (χ4n) is 7.79. The molecule has 0 saturated carbocycles. The van der Waals surface area contributed by atoms with Gasteiger partial charge in [-0.2, -0.15) is 13.2 Å². The molecule has 0 aliphatic carbocycles. The van der Waals surface area contributed by atoms with Crippen LogP contribution >= 0.6 is 0 Å². The molecule has 8 rings (SSSR count). The lowest BCUT2D eigenvalue weighted by Gasteiger charge is -2.27. The summed E-state index contributed by atoms with van der Waals surface area (Å²) in [5.41, 5.74) is 2.94. The van der Waals surface area contributed by atoms with Crippen molar-refractivity contribution in [2.75, 3.05) is 43.5 Å². The molecular weight excluding hydrogens is 780 g/mol. The Kier molecular flexibility index (Phi) is 11.8. The Morgan fingerprint density at radius 2 is 1.68 bits per heavy atom. The van der Waals surface area contributed by atoms with Gasteiger partial charge in [-0.3, -0.25) is 49.0 Å². The summed E-state index contributed by atoms with van der Waals surface area (Å²) < 4.78 is 48.3. The van der Waals surface area contributed by atoms with Gasteiger partial charge < -0.3 is 9.64 Å². The highest BCUT2D eigenvalue weighted by molar-refractivity contribution is 6.23. The molecule has 1 atom stereocenters. The van der Waals surface area contributed by atoms with Crippen molar-refractivity contribution in [1.82, 2.24) is 24.7 Å². The van der Waals surface area contributed by atoms with E-state index in [2.05, 4.69) is 15.5 Å². The summed E-state index contributed by atoms with van der Waals surface area (Å²) in [4.78, 5) is 73.9. The number of carbonyl (C=O) groups excluding carboxylic acids is 5. The molecule has 5 amide bonds. The molecule has 312 valence electrons. The van der Waals surface area contributed by atoms with Crippen molar-refractivity contribution in [3.63, 3.8) is 0 Å². The van der Waals surface area contributed by atoms with E-state index in [1.165, 1.54) is 30.7 Å². The standard InChI is InChI=1S/C43H40F3N7O6.CH4/c1-50(19-20-59-31-12-13-32-33(24-31)41(58)53(40(32)57)36-15-16-37(54)48-39(36)56)29-9-6-10-30(23-29)52-35-14-11-26(25-51-17-3-2-4-18-51)21-34(35)47-42(52)49-38(55)27-7-5-8-28(22-27)43(44,45)46;/h5-14,21-24,36H,2-4,15-20,25H2,1H3,(H,47,49,55)(H,48,54,56);1H4. The highest BCUT2D eigenvalue weighted by Crippen LogP contribution is 2.33. The molecule has 2 fully saturated rings. The molecule has 5 aromatic rings. The van der Waals surface area contributed by atoms with Crippen LogP contribution in [0.2, 0.25) is 0 Å². The lowest BCUT2D eigenvalue weighted by molar-refractivity contribution is -0.138. The van der Waals surface area contributed by atoms with E-state index in [0.717, 1.165) is 60.8 Å². The second-order valence-electron chi connectivity index (χ2n) is 14.9. The molecule has 4 aromatic carbocycles. The average molecular weight is 824 g/mol. The summed E-state index contributed by atoms with van der Waals surface area (Å²) in [5.74, 6) is -2.62. The maximum atomic E-state index is 13.5. The van der Waals surface area contributed by atoms with Crippen LogP contribution in [0.4, 0.5) is 24.8 Å². The SMILES string of the molecule is C.CN(CCOc1ccc2c(c1)C(=O)N(C1CCC(=O)NC1=O)C2=O)c1cccc(-n2c(NC(=O)c3cccc(C(F)(F)F)c3)nc3cc(CN4CCCCC4)ccc32)c1. The van der Waals surface area contributed by atoms with Crippen molar-refractivity contribution in [2.45, 2.75) is 58.3 Å². The lowest BCUT2D eigenvalue weighted by Crippen LogP contribution is -2.54. The largest absolute Gasteiger partial charge is 0.492 e. The van der Waals surface area contributed by atoms with Crippen molar-refractivity contribution >= 4 is 52.2 Å². The third-order valence-electron chi connectivity index (χ3n) is 10.9. The van der Waals surface area contributed by atoms with Gasteiger partial charge in [-0.05, 0) is 105 Å². The summed E-state index contributed by atoms with van der Waals surface area (Å²) in [5, 5.41) is 4.95. The first-order chi connectivity index (χ1) is 28.3. The molecule has 16 heteroatoms. The fourth-order valence-corrected chi connectivity index (χ4v) is 7.79. The van der Waals surface area contributed by atoms with Gasteiger partial charge in [-0.25, -0.2) is 4.98 Å². The molecular formula is C44H44F3N7O6. The van der Waals surface area contributed by atoms with E-state index in [-0.39, 0.29) is 49.5 Å². The Morgan fingerprint density at radius 1 is 0.917 bits per heavy atom. The maximum absolute atomic E-state index is 13.5. The van der Waals surface area contributed by atoms with Gasteiger partial charge in [-0.15, -0.1) is 0 Å². The van der Waals surface area contributed by atoms with E-state index < -0.39 is 47.3 Å². The van der Waals surface area contributed by atoms with Gasteiger partial charge in [0, 0.05) is 31.3 Å². The van der Waals surface area contributed by atoms with E-state index >= 15 is 0 Å². The van der Waals surface area contributed by atoms with E-state index in [1.54, 1.807) is 10.6 Å². The predicted octanol–water partition coefficient (Wildman–Crippen LogP) is 6.84. The van der Waals surface area contributed by atoms with Crippen LogP contribution < -0.4 is 20.3 Å². The number of hydrogen-bond acceptors (Lipinski definition) is 9. The number of likely N-dealkylation sites (tertiary alicyclic amines) is 1. The monoisotopic (exact) mass is 823 g/mol. The minimum atomic E-state index is -4.62. The van der Waals surface area contributed by atoms with E-state index in [0.29, 0.717) is 29.0 Å². The number of imide groups is 2. The van der Waals surface area contributed by atoms with Crippen LogP contribution in [0.5, 0.6) is 5.75 Å². The van der Waals surface area contributed by atoms with E-state index in [1.807, 2.05) is 54.4 Å². The first-order valence-corrected chi connectivity index (χ1v) is 19.4. The number of fused-ring (bicyclic) bond motifs is 2. The molecule has 0 spiro atoms. The van der Waals surface area contributed by atoms with Crippen LogP contribution in [0.15, 0.2) is 84.9 Å². The van der Waals surface area contributed by atoms with Crippen LogP contribution in [0.1, 0.15) is 81.7 Å². The molecule has 2 N–H and O–H groups in total. The number of carbonyl (C=O) groups is 5. The predicted molar refractivity (Wildman–Crippen MR) is 218 cm³/mol. The summed E-state index contributed by atoms with van der Waals surface area (Å²) in [6, 6.07) is 21.1. The Balaban J connectivity index is 0.00000544. The molecule has 13 nitrogen and oxygen atoms in total. The Hall–Kier alpha value is -6.55. The zero-order valence-corrected chi connectivity index (χ0v) is 32.1. The van der Waals surface area contributed by atoms with Gasteiger partial charge >= 0.3 is 6.18 Å². The van der Waals surface area contributed by atoms with Crippen LogP contribution in [0.25, 0.3) is 16.7 Å². The fraction of sp³-hybridized carbons (Fsp3) is 0.318. The van der Waals surface area contributed by atoms with E-state index in [4.69, 9.17) is 9.72 Å². The molecule has 0 radical (unpaired) electrons. The average Bonchev–Trinajstić information content (AvgIpc) is 3.70. The zero-order chi connectivity index (χ0) is 41.4. The molecule has 2 saturated heterocycles. The van der Waals surface area contributed by atoms with Crippen molar-refractivity contribution < 1.29 is 41.9 Å². The third kappa shape index (κ3) is 8.46. The number of piperidine rings is 2. The van der Waals surface area contributed by atoms with Crippen molar-refractivity contribution in [1.29, 1.82) is 0 Å². The van der Waals surface area contributed by atoms with Gasteiger partial charge in [0.1, 0.15) is 18.4 Å². The lowest BCUT2D eigenvalue weighted by atomic mass is 10.0. The van der Waals surface area contributed by atoms with Gasteiger partial charge in [0.25, 0.3) is 17.7 Å². The number of aromatic nitrogens is 2. The molecule has 3 aliphatic heterocycles. The zero-order valence-electron chi connectivity index (χ0n) is 32.1. The second kappa shape index (κ2) is 17.0. The number of rotatable bonds is 11. The number of benzene rings is 4. The van der Waals surface area contributed by atoms with Crippen molar-refractivity contribution in [3.05, 3.63) is 113 Å². The molecule has 60 heavy (non-hydrogen) atoms. The Bertz CT molecular complexity index is 2500. The van der Waals surface area contributed by atoms with Gasteiger partial charge in [0.2, 0.25) is 17.8 Å². The van der Waals surface area contributed by atoms with Gasteiger partial charge in [0.15, 0.2) is 0 Å². The van der Waals surface area contributed by atoms with Crippen LogP contribution in [-0.4, -0.2) is 88.2 Å². The third-order valence-corrected chi connectivity index (χ3v) is 10.9. The number of hydrogen-bond donors (Lipinski definition) is 2. The van der Waals surface area contributed by atoms with Crippen LogP contribution in [-0.2, 0) is 22.3 Å². The van der Waals surface area contributed by atoms with Crippen molar-refractivity contribution in [2.24, 2.45) is 0 Å². The smallest absolute Gasteiger partial charge is 0.416 e. The first-order valence-electron chi connectivity index (χ1n) is 19.4. The minimum absolute atomic E-state index is 0. The minimum Gasteiger partial charge on any atom is -0.492 e. The quantitative estimate of drug-likeness (QED) is 0.137. The van der Waals surface area contributed by atoms with Crippen LogP contribution in [0.3, 0.4) is 0 Å². The Labute approximate surface area is 344 Å². The van der Waals surface area contributed by atoms with E-state index in [9.17, 15) is 37.1 Å². The number of imidazole rings is 1. The number of amides is 5. The van der Waals surface area contributed by atoms with Crippen LogP contribution in [0, 0.1) is 0 Å². The number of ether oxygens (including phenoxy) is 1. The number of nitrogens with one attached hydrogen (secondary N) is 2. The summed E-state index contributed by atoms with van der Waals surface area (Å²) in [7, 11) is 1.86. The van der Waals surface area contributed by atoms with Gasteiger partial charge in [-0.1, -0.05) is 32.0 Å². The normalized spacial score (nSPS) is 17.0. The summed E-state index contributed by atoms with van der Waals surface area (Å²) in [6.07, 6.45) is -1.04. The molecule has 4 heterocycles. The van der Waals surface area contributed by atoms with Gasteiger partial charge in [0.05, 0.1) is 40.0 Å². The number of alkyl halides is 3. The molecule has 1 aromatic heterocycles. The number of nitrogens with zero attached hydrogens (tertiary/aromatic N) is 5. The summed E-state index contributed by atoms with van der Waals surface area (Å²) in [6.45, 7) is 3.34. The molecule has 1 unspecified atom stereocenters. The molecule has 0 bridgehead atoms. The highest BCUT2D eigenvalue weighted by atomic mass is 19.4. The Morgan fingerprint density at radius 3 is 2.45 bits per heavy atom.